The maximum atomic E-state index is 9.68. The Hall–Kier alpha value is -2.09. The van der Waals surface area contributed by atoms with Crippen LogP contribution in [0, 0.1) is 0 Å². The van der Waals surface area contributed by atoms with Gasteiger partial charge in [0.2, 0.25) is 0 Å². The third-order valence-corrected chi connectivity index (χ3v) is 7.32. The van der Waals surface area contributed by atoms with E-state index in [9.17, 15) is 5.11 Å². The van der Waals surface area contributed by atoms with Crippen LogP contribution in [0.4, 0.5) is 11.5 Å². The van der Waals surface area contributed by atoms with Crippen LogP contribution in [0.5, 0.6) is 5.75 Å². The van der Waals surface area contributed by atoms with Gasteiger partial charge in [0.15, 0.2) is 5.82 Å². The van der Waals surface area contributed by atoms with Crippen LogP contribution in [0.1, 0.15) is 31.1 Å². The Bertz CT molecular complexity index is 995. The molecule has 4 rings (SSSR count). The number of hydrogen-bond acceptors (Lipinski definition) is 7. The average Bonchev–Trinajstić information content (AvgIpc) is 3.37. The third kappa shape index (κ3) is 5.29. The molecule has 0 spiro atoms. The van der Waals surface area contributed by atoms with Crippen LogP contribution >= 0.6 is 23.1 Å². The predicted molar refractivity (Wildman–Crippen MR) is 124 cm³/mol. The molecule has 2 N–H and O–H groups in total. The molecule has 0 bridgehead atoms. The fourth-order valence-electron chi connectivity index (χ4n) is 3.49. The summed E-state index contributed by atoms with van der Waals surface area (Å²) >= 11 is 3.60. The van der Waals surface area contributed by atoms with Crippen molar-refractivity contribution in [2.24, 2.45) is 0 Å². The number of thiophene rings is 1. The number of anilines is 2. The molecule has 152 valence electrons. The molecule has 0 radical (unpaired) electrons. The number of thioether (sulfide) groups is 1. The van der Waals surface area contributed by atoms with Gasteiger partial charge in [-0.2, -0.15) is 0 Å². The Morgan fingerprint density at radius 1 is 1.28 bits per heavy atom. The summed E-state index contributed by atoms with van der Waals surface area (Å²) < 4.78 is 1.04. The monoisotopic (exact) mass is 426 g/mol. The molecule has 0 unspecified atom stereocenters. The zero-order valence-corrected chi connectivity index (χ0v) is 18.2. The van der Waals surface area contributed by atoms with E-state index in [0.29, 0.717) is 0 Å². The topological polar surface area (TPSA) is 61.3 Å². The Morgan fingerprint density at radius 3 is 2.93 bits per heavy atom. The molecule has 1 fully saturated rings. The van der Waals surface area contributed by atoms with Gasteiger partial charge in [-0.25, -0.2) is 9.97 Å². The van der Waals surface area contributed by atoms with Crippen LogP contribution in [0.15, 0.2) is 47.6 Å². The van der Waals surface area contributed by atoms with Crippen molar-refractivity contribution in [1.82, 2.24) is 14.9 Å². The highest BCUT2D eigenvalue weighted by molar-refractivity contribution is 8.01. The molecular formula is C22H26N4OS2. The van der Waals surface area contributed by atoms with Gasteiger partial charge in [0.1, 0.15) is 12.1 Å². The van der Waals surface area contributed by atoms with Crippen molar-refractivity contribution in [3.63, 3.8) is 0 Å². The molecule has 3 aromatic rings. The van der Waals surface area contributed by atoms with E-state index in [2.05, 4.69) is 38.6 Å². The lowest BCUT2D eigenvalue weighted by atomic mass is 10.2. The smallest absolute Gasteiger partial charge is 0.151 e. The second-order valence-electron chi connectivity index (χ2n) is 7.25. The van der Waals surface area contributed by atoms with Gasteiger partial charge in [0.25, 0.3) is 0 Å². The van der Waals surface area contributed by atoms with Gasteiger partial charge >= 0.3 is 0 Å². The molecule has 1 aliphatic heterocycles. The number of nitrogens with one attached hydrogen (secondary N) is 1. The first-order valence-corrected chi connectivity index (χ1v) is 11.9. The Balaban J connectivity index is 1.44. The minimum absolute atomic E-state index is 0.232. The van der Waals surface area contributed by atoms with Crippen LogP contribution < -0.4 is 5.32 Å². The van der Waals surface area contributed by atoms with Crippen molar-refractivity contribution in [1.29, 1.82) is 0 Å². The van der Waals surface area contributed by atoms with Gasteiger partial charge in [-0.1, -0.05) is 18.6 Å². The largest absolute Gasteiger partial charge is 0.508 e. The zero-order chi connectivity index (χ0) is 20.1. The molecule has 29 heavy (non-hydrogen) atoms. The standard InChI is InChI=1S/C22H26N4OS2/c1-2-16(12-26-8-3-4-9-26)13-28-14-19-11-20-21(29-19)22(24-15-23-20)25-17-6-5-7-18(27)10-17/h5-7,10-11,13,15,27H,2-4,8-9,12,14H2,1H3,(H,23,24,25)/b16-13+. The molecule has 0 saturated carbocycles. The number of hydrogen-bond donors (Lipinski definition) is 2. The summed E-state index contributed by atoms with van der Waals surface area (Å²) in [6.45, 7) is 5.84. The third-order valence-electron chi connectivity index (χ3n) is 5.03. The molecule has 0 atom stereocenters. The second-order valence-corrected chi connectivity index (χ2v) is 9.24. The molecular weight excluding hydrogens is 400 g/mol. The first-order valence-electron chi connectivity index (χ1n) is 10.0. The van der Waals surface area contributed by atoms with Crippen molar-refractivity contribution in [2.75, 3.05) is 25.0 Å². The molecule has 5 nitrogen and oxygen atoms in total. The van der Waals surface area contributed by atoms with Crippen LogP contribution in [0.2, 0.25) is 0 Å². The van der Waals surface area contributed by atoms with Crippen molar-refractivity contribution < 1.29 is 5.11 Å². The molecule has 7 heteroatoms. The second kappa shape index (κ2) is 9.61. The van der Waals surface area contributed by atoms with Crippen LogP contribution in [0.3, 0.4) is 0 Å². The van der Waals surface area contributed by atoms with Crippen molar-refractivity contribution in [3.8, 4) is 5.75 Å². The van der Waals surface area contributed by atoms with E-state index in [-0.39, 0.29) is 5.75 Å². The molecule has 0 amide bonds. The predicted octanol–water partition coefficient (Wildman–Crippen LogP) is 5.76. The number of aromatic nitrogens is 2. The highest BCUT2D eigenvalue weighted by Gasteiger charge is 2.13. The zero-order valence-electron chi connectivity index (χ0n) is 16.6. The molecule has 2 aromatic heterocycles. The molecule has 1 aliphatic rings. The summed E-state index contributed by atoms with van der Waals surface area (Å²) in [5.41, 5.74) is 3.29. The number of likely N-dealkylation sites (tertiary alicyclic amines) is 1. The lowest BCUT2D eigenvalue weighted by molar-refractivity contribution is 0.366. The summed E-state index contributed by atoms with van der Waals surface area (Å²) in [7, 11) is 0. The van der Waals surface area contributed by atoms with Crippen LogP contribution in [-0.4, -0.2) is 39.6 Å². The highest BCUT2D eigenvalue weighted by atomic mass is 32.2. The summed E-state index contributed by atoms with van der Waals surface area (Å²) in [6, 6.07) is 9.23. The van der Waals surface area contributed by atoms with E-state index in [0.717, 1.165) is 40.4 Å². The van der Waals surface area contributed by atoms with E-state index in [1.54, 1.807) is 29.8 Å². The highest BCUT2D eigenvalue weighted by Crippen LogP contribution is 2.33. The van der Waals surface area contributed by atoms with E-state index in [1.807, 2.05) is 23.9 Å². The van der Waals surface area contributed by atoms with Gasteiger partial charge < -0.3 is 10.4 Å². The van der Waals surface area contributed by atoms with E-state index >= 15 is 0 Å². The van der Waals surface area contributed by atoms with Gasteiger partial charge in [-0.15, -0.1) is 23.1 Å². The minimum Gasteiger partial charge on any atom is -0.508 e. The fourth-order valence-corrected chi connectivity index (χ4v) is 5.58. The van der Waals surface area contributed by atoms with E-state index < -0.39 is 0 Å². The first kappa shape index (κ1) is 20.2. The van der Waals surface area contributed by atoms with Gasteiger partial charge in [-0.05, 0) is 56.0 Å². The molecule has 1 aromatic carbocycles. The number of nitrogens with zero attached hydrogens (tertiary/aromatic N) is 3. The van der Waals surface area contributed by atoms with E-state index in [4.69, 9.17) is 0 Å². The van der Waals surface area contributed by atoms with E-state index in [1.165, 1.54) is 36.4 Å². The molecule has 3 heterocycles. The molecule has 1 saturated heterocycles. The number of aromatic hydroxyl groups is 1. The maximum Gasteiger partial charge on any atom is 0.151 e. The molecule has 0 aliphatic carbocycles. The van der Waals surface area contributed by atoms with Crippen LogP contribution in [-0.2, 0) is 5.75 Å². The first-order chi connectivity index (χ1) is 14.2. The Kier molecular flexibility index (Phi) is 6.69. The quantitative estimate of drug-likeness (QED) is 0.477. The van der Waals surface area contributed by atoms with Crippen molar-refractivity contribution in [2.45, 2.75) is 31.9 Å². The number of phenols is 1. The number of phenolic OH excluding ortho intramolecular Hbond substituents is 1. The maximum absolute atomic E-state index is 9.68. The SMILES string of the molecule is CC/C(=C\SCc1cc2ncnc(Nc3cccc(O)c3)c2s1)CN1CCCC1. The summed E-state index contributed by atoms with van der Waals surface area (Å²) in [6.07, 6.45) is 5.37. The fraction of sp³-hybridized carbons (Fsp3) is 0.364. The van der Waals surface area contributed by atoms with Gasteiger partial charge in [0.05, 0.1) is 10.2 Å². The van der Waals surface area contributed by atoms with Crippen LogP contribution in [0.25, 0.3) is 10.2 Å². The Labute approximate surface area is 179 Å². The summed E-state index contributed by atoms with van der Waals surface area (Å²) in [5.74, 6) is 1.95. The summed E-state index contributed by atoms with van der Waals surface area (Å²) in [4.78, 5) is 12.7. The van der Waals surface area contributed by atoms with Crippen molar-refractivity contribution in [3.05, 3.63) is 52.5 Å². The summed E-state index contributed by atoms with van der Waals surface area (Å²) in [5, 5.41) is 15.3. The number of fused-ring (bicyclic) bond motifs is 1. The normalized spacial score (nSPS) is 15.3. The Morgan fingerprint density at radius 2 is 2.14 bits per heavy atom. The van der Waals surface area contributed by atoms with Crippen molar-refractivity contribution >= 4 is 44.8 Å². The lowest BCUT2D eigenvalue weighted by Crippen LogP contribution is -2.21. The number of benzene rings is 1. The van der Waals surface area contributed by atoms with Gasteiger partial charge in [0, 0.05) is 28.9 Å². The van der Waals surface area contributed by atoms with Gasteiger partial charge in [-0.3, -0.25) is 4.90 Å². The number of rotatable bonds is 8. The lowest BCUT2D eigenvalue weighted by Gasteiger charge is -2.16. The average molecular weight is 427 g/mol. The minimum atomic E-state index is 0.232.